The Labute approximate surface area is 111 Å². The third-order valence-electron chi connectivity index (χ3n) is 2.69. The van der Waals surface area contributed by atoms with Gasteiger partial charge >= 0.3 is 0 Å². The molecule has 0 saturated heterocycles. The average Bonchev–Trinajstić information content (AvgIpc) is 2.39. The molecule has 2 rings (SSSR count). The number of pyridine rings is 1. The summed E-state index contributed by atoms with van der Waals surface area (Å²) in [5, 5.41) is 11.2. The van der Waals surface area contributed by atoms with Crippen molar-refractivity contribution in [2.75, 3.05) is 11.5 Å². The maximum Gasteiger partial charge on any atom is 0.119 e. The van der Waals surface area contributed by atoms with Crippen LogP contribution in [0.1, 0.15) is 12.5 Å². The van der Waals surface area contributed by atoms with Gasteiger partial charge in [0.1, 0.15) is 5.03 Å². The van der Waals surface area contributed by atoms with Gasteiger partial charge in [-0.1, -0.05) is 30.3 Å². The molecule has 3 N–H and O–H groups in total. The van der Waals surface area contributed by atoms with E-state index in [-0.39, 0.29) is 0 Å². The first kappa shape index (κ1) is 12.9. The van der Waals surface area contributed by atoms with Gasteiger partial charge < -0.3 is 10.8 Å². The van der Waals surface area contributed by atoms with Crippen molar-refractivity contribution >= 4 is 17.4 Å². The quantitative estimate of drug-likeness (QED) is 0.830. The number of rotatable bonds is 4. The van der Waals surface area contributed by atoms with Gasteiger partial charge in [0.05, 0.1) is 11.3 Å². The first-order valence-electron chi connectivity index (χ1n) is 5.71. The fourth-order valence-electron chi connectivity index (χ4n) is 1.61. The largest absolute Gasteiger partial charge is 0.397 e. The number of hydrogen-bond acceptors (Lipinski definition) is 4. The number of thioether (sulfide) groups is 1. The molecule has 1 aromatic heterocycles. The Hall–Kier alpha value is -1.52. The lowest BCUT2D eigenvalue weighted by Gasteiger charge is -2.23. The average molecular weight is 260 g/mol. The van der Waals surface area contributed by atoms with E-state index in [1.807, 2.05) is 36.4 Å². The Bertz CT molecular complexity index is 514. The summed E-state index contributed by atoms with van der Waals surface area (Å²) >= 11 is 1.46. The highest BCUT2D eigenvalue weighted by Gasteiger charge is 2.23. The monoisotopic (exact) mass is 260 g/mol. The predicted molar refractivity (Wildman–Crippen MR) is 75.4 cm³/mol. The van der Waals surface area contributed by atoms with Gasteiger partial charge in [-0.2, -0.15) is 0 Å². The molecule has 0 radical (unpaired) electrons. The third kappa shape index (κ3) is 3.03. The molecule has 0 bridgehead atoms. The van der Waals surface area contributed by atoms with Crippen molar-refractivity contribution < 1.29 is 5.11 Å². The molecule has 1 atom stereocenters. The van der Waals surface area contributed by atoms with E-state index >= 15 is 0 Å². The van der Waals surface area contributed by atoms with E-state index in [9.17, 15) is 5.11 Å². The Kier molecular flexibility index (Phi) is 3.89. The minimum Gasteiger partial charge on any atom is -0.397 e. The third-order valence-corrected chi connectivity index (χ3v) is 4.01. The lowest BCUT2D eigenvalue weighted by molar-refractivity contribution is 0.0839. The van der Waals surface area contributed by atoms with Crippen molar-refractivity contribution in [2.24, 2.45) is 0 Å². The molecular weight excluding hydrogens is 244 g/mol. The first-order chi connectivity index (χ1) is 8.59. The van der Waals surface area contributed by atoms with Crippen molar-refractivity contribution in [3.8, 4) is 0 Å². The fourth-order valence-corrected chi connectivity index (χ4v) is 2.57. The van der Waals surface area contributed by atoms with Crippen molar-refractivity contribution in [2.45, 2.75) is 17.6 Å². The van der Waals surface area contributed by atoms with Gasteiger partial charge in [0.15, 0.2) is 0 Å². The zero-order valence-electron chi connectivity index (χ0n) is 10.2. The summed E-state index contributed by atoms with van der Waals surface area (Å²) < 4.78 is 0. The topological polar surface area (TPSA) is 59.1 Å². The molecule has 1 heterocycles. The van der Waals surface area contributed by atoms with E-state index < -0.39 is 5.60 Å². The molecule has 0 aliphatic carbocycles. The normalized spacial score (nSPS) is 14.1. The van der Waals surface area contributed by atoms with Gasteiger partial charge in [-0.25, -0.2) is 4.98 Å². The Morgan fingerprint density at radius 2 is 1.94 bits per heavy atom. The Balaban J connectivity index is 2.08. The van der Waals surface area contributed by atoms with Crippen LogP contribution < -0.4 is 5.73 Å². The van der Waals surface area contributed by atoms with Crippen LogP contribution in [0.4, 0.5) is 5.69 Å². The SMILES string of the molecule is CC(O)(CSc1ncccc1N)c1ccccc1. The van der Waals surface area contributed by atoms with Gasteiger partial charge in [-0.3, -0.25) is 0 Å². The summed E-state index contributed by atoms with van der Waals surface area (Å²) in [5.41, 5.74) is 6.47. The number of anilines is 1. The molecule has 94 valence electrons. The second-order valence-electron chi connectivity index (χ2n) is 4.33. The van der Waals surface area contributed by atoms with Crippen molar-refractivity contribution in [3.63, 3.8) is 0 Å². The molecule has 1 unspecified atom stereocenters. The summed E-state index contributed by atoms with van der Waals surface area (Å²) in [6.07, 6.45) is 1.70. The number of hydrogen-bond donors (Lipinski definition) is 2. The lowest BCUT2D eigenvalue weighted by atomic mass is 9.99. The van der Waals surface area contributed by atoms with Gasteiger partial charge in [-0.15, -0.1) is 11.8 Å². The highest BCUT2D eigenvalue weighted by Crippen LogP contribution is 2.30. The number of aliphatic hydroxyl groups is 1. The maximum atomic E-state index is 10.4. The molecule has 0 aliphatic heterocycles. The van der Waals surface area contributed by atoms with Crippen LogP contribution >= 0.6 is 11.8 Å². The fraction of sp³-hybridized carbons (Fsp3) is 0.214. The van der Waals surface area contributed by atoms with Crippen molar-refractivity contribution in [3.05, 3.63) is 54.2 Å². The van der Waals surface area contributed by atoms with Gasteiger partial charge in [0.25, 0.3) is 0 Å². The summed E-state index contributed by atoms with van der Waals surface area (Å²) in [6, 6.07) is 13.2. The summed E-state index contributed by atoms with van der Waals surface area (Å²) in [4.78, 5) is 4.20. The second-order valence-corrected chi connectivity index (χ2v) is 5.29. The van der Waals surface area contributed by atoms with Crippen LogP contribution in [-0.2, 0) is 5.60 Å². The van der Waals surface area contributed by atoms with Crippen molar-refractivity contribution in [1.82, 2.24) is 4.98 Å². The lowest BCUT2D eigenvalue weighted by Crippen LogP contribution is -2.24. The van der Waals surface area contributed by atoms with E-state index in [0.717, 1.165) is 10.6 Å². The van der Waals surface area contributed by atoms with Crippen LogP contribution in [0.5, 0.6) is 0 Å². The van der Waals surface area contributed by atoms with Crippen LogP contribution in [0.2, 0.25) is 0 Å². The standard InChI is InChI=1S/C14H16N2OS/c1-14(17,11-6-3-2-4-7-11)10-18-13-12(15)8-5-9-16-13/h2-9,17H,10,15H2,1H3. The molecule has 1 aromatic carbocycles. The molecular formula is C14H16N2OS. The molecule has 0 fully saturated rings. The summed E-state index contributed by atoms with van der Waals surface area (Å²) in [7, 11) is 0. The number of aromatic nitrogens is 1. The highest BCUT2D eigenvalue weighted by atomic mass is 32.2. The maximum absolute atomic E-state index is 10.4. The highest BCUT2D eigenvalue weighted by molar-refractivity contribution is 7.99. The van der Waals surface area contributed by atoms with Crippen LogP contribution in [0.3, 0.4) is 0 Å². The van der Waals surface area contributed by atoms with Gasteiger partial charge in [0, 0.05) is 11.9 Å². The first-order valence-corrected chi connectivity index (χ1v) is 6.69. The zero-order valence-corrected chi connectivity index (χ0v) is 11.0. The molecule has 0 spiro atoms. The van der Waals surface area contributed by atoms with E-state index in [1.54, 1.807) is 19.2 Å². The van der Waals surface area contributed by atoms with Crippen LogP contribution in [0.15, 0.2) is 53.7 Å². The predicted octanol–water partition coefficient (Wildman–Crippen LogP) is 2.66. The second kappa shape index (κ2) is 5.42. The molecule has 4 heteroatoms. The zero-order chi connectivity index (χ0) is 13.0. The molecule has 2 aromatic rings. The number of benzene rings is 1. The van der Waals surface area contributed by atoms with E-state index in [0.29, 0.717) is 11.4 Å². The molecule has 3 nitrogen and oxygen atoms in total. The van der Waals surface area contributed by atoms with Crippen LogP contribution in [0.25, 0.3) is 0 Å². The minimum absolute atomic E-state index is 0.512. The van der Waals surface area contributed by atoms with Crippen molar-refractivity contribution in [1.29, 1.82) is 0 Å². The van der Waals surface area contributed by atoms with Crippen LogP contribution in [0, 0.1) is 0 Å². The molecule has 0 aliphatic rings. The van der Waals surface area contributed by atoms with Crippen LogP contribution in [-0.4, -0.2) is 15.8 Å². The molecule has 0 amide bonds. The number of nitrogens with zero attached hydrogens (tertiary/aromatic N) is 1. The van der Waals surface area contributed by atoms with Gasteiger partial charge in [0.2, 0.25) is 0 Å². The smallest absolute Gasteiger partial charge is 0.119 e. The summed E-state index contributed by atoms with van der Waals surface area (Å²) in [5.74, 6) is 0.512. The minimum atomic E-state index is -0.893. The number of nitrogens with two attached hydrogens (primary N) is 1. The Morgan fingerprint density at radius 3 is 2.61 bits per heavy atom. The van der Waals surface area contributed by atoms with E-state index in [1.165, 1.54) is 11.8 Å². The molecule has 0 saturated carbocycles. The Morgan fingerprint density at radius 1 is 1.22 bits per heavy atom. The van der Waals surface area contributed by atoms with E-state index in [4.69, 9.17) is 5.73 Å². The molecule has 18 heavy (non-hydrogen) atoms. The van der Waals surface area contributed by atoms with E-state index in [2.05, 4.69) is 4.98 Å². The summed E-state index contributed by atoms with van der Waals surface area (Å²) in [6.45, 7) is 1.80. The van der Waals surface area contributed by atoms with Gasteiger partial charge in [-0.05, 0) is 24.6 Å². The number of nitrogen functional groups attached to an aromatic ring is 1.